The minimum Gasteiger partial charge on any atom is -0.365 e. The summed E-state index contributed by atoms with van der Waals surface area (Å²) < 4.78 is 30.3. The highest BCUT2D eigenvalue weighted by molar-refractivity contribution is 7.88. The Balaban J connectivity index is 1.75. The van der Waals surface area contributed by atoms with Crippen molar-refractivity contribution in [2.75, 3.05) is 39.2 Å². The number of hydrogen-bond donors (Lipinski definition) is 1. The smallest absolute Gasteiger partial charge is 0.211 e. The number of Topliss-reactive ketones (excluding diaryl/α,β-unsaturated/α-hetero) is 1. The summed E-state index contributed by atoms with van der Waals surface area (Å²) in [5.74, 6) is 0.379. The fourth-order valence-electron chi connectivity index (χ4n) is 3.15. The molecule has 2 fully saturated rings. The number of piperidine rings is 1. The van der Waals surface area contributed by atoms with Gasteiger partial charge in [0.15, 0.2) is 5.78 Å². The standard InChI is InChI=1S/C15H31N3O4SSi/c1-23(20,21)18-7-5-13(6-8-18)15-14(19)11-17(16-15)12-22-9-10-24(2,3)4/h13,15-16H,5-12H2,1-4H3. The summed E-state index contributed by atoms with van der Waals surface area (Å²) in [4.78, 5) is 12.3. The number of rotatable bonds is 7. The van der Waals surface area contributed by atoms with E-state index in [2.05, 4.69) is 25.1 Å². The van der Waals surface area contributed by atoms with Crippen LogP contribution in [0.2, 0.25) is 25.7 Å². The van der Waals surface area contributed by atoms with E-state index in [9.17, 15) is 13.2 Å². The molecule has 0 aliphatic carbocycles. The molecule has 0 spiro atoms. The molecule has 0 bridgehead atoms. The second-order valence-corrected chi connectivity index (χ2v) is 15.7. The Morgan fingerprint density at radius 3 is 2.42 bits per heavy atom. The average molecular weight is 378 g/mol. The van der Waals surface area contributed by atoms with E-state index in [1.54, 1.807) is 0 Å². The van der Waals surface area contributed by atoms with Crippen LogP contribution in [0.25, 0.3) is 0 Å². The molecular formula is C15H31N3O4SSi. The van der Waals surface area contributed by atoms with Crippen molar-refractivity contribution in [3.8, 4) is 0 Å². The first-order chi connectivity index (χ1) is 11.1. The third-order valence-corrected chi connectivity index (χ3v) is 7.71. The van der Waals surface area contributed by atoms with Crippen molar-refractivity contribution in [2.24, 2.45) is 5.92 Å². The zero-order valence-corrected chi connectivity index (χ0v) is 17.1. The lowest BCUT2D eigenvalue weighted by Crippen LogP contribution is -2.47. The molecule has 0 radical (unpaired) electrons. The van der Waals surface area contributed by atoms with E-state index in [1.807, 2.05) is 5.01 Å². The maximum absolute atomic E-state index is 12.3. The summed E-state index contributed by atoms with van der Waals surface area (Å²) in [6.07, 6.45) is 2.69. The van der Waals surface area contributed by atoms with E-state index in [0.717, 1.165) is 25.5 Å². The molecule has 7 nitrogen and oxygen atoms in total. The summed E-state index contributed by atoms with van der Waals surface area (Å²) in [6, 6.07) is 0.912. The quantitative estimate of drug-likeness (QED) is 0.520. The minimum absolute atomic E-state index is 0.182. The van der Waals surface area contributed by atoms with Gasteiger partial charge in [-0.3, -0.25) is 4.79 Å². The molecule has 2 heterocycles. The van der Waals surface area contributed by atoms with Crippen molar-refractivity contribution >= 4 is 23.9 Å². The average Bonchev–Trinajstić information content (AvgIpc) is 2.83. The molecule has 0 aromatic rings. The largest absolute Gasteiger partial charge is 0.365 e. The maximum Gasteiger partial charge on any atom is 0.211 e. The van der Waals surface area contributed by atoms with Crippen molar-refractivity contribution in [3.63, 3.8) is 0 Å². The van der Waals surface area contributed by atoms with E-state index in [1.165, 1.54) is 10.6 Å². The summed E-state index contributed by atoms with van der Waals surface area (Å²) in [5, 5.41) is 1.85. The van der Waals surface area contributed by atoms with Gasteiger partial charge in [-0.15, -0.1) is 0 Å². The molecule has 1 N–H and O–H groups in total. The Hall–Kier alpha value is -0.323. The van der Waals surface area contributed by atoms with Gasteiger partial charge in [0, 0.05) is 27.8 Å². The molecule has 2 saturated heterocycles. The molecule has 2 aliphatic heterocycles. The monoisotopic (exact) mass is 377 g/mol. The Morgan fingerprint density at radius 2 is 1.88 bits per heavy atom. The molecule has 1 unspecified atom stereocenters. The van der Waals surface area contributed by atoms with E-state index in [-0.39, 0.29) is 17.7 Å². The summed E-state index contributed by atoms with van der Waals surface area (Å²) in [5.41, 5.74) is 3.26. The van der Waals surface area contributed by atoms with Crippen LogP contribution < -0.4 is 5.43 Å². The Bertz CT molecular complexity index is 541. The van der Waals surface area contributed by atoms with Gasteiger partial charge in [0.2, 0.25) is 10.0 Å². The SMILES string of the molecule is C[Si](C)(C)CCOCN1CC(=O)C(C2CCN(S(C)(=O)=O)CC2)N1. The van der Waals surface area contributed by atoms with Crippen molar-refractivity contribution < 1.29 is 17.9 Å². The zero-order valence-electron chi connectivity index (χ0n) is 15.2. The molecule has 0 saturated carbocycles. The van der Waals surface area contributed by atoms with Gasteiger partial charge in [-0.1, -0.05) is 19.6 Å². The molecule has 2 aliphatic rings. The number of carbonyl (C=O) groups excluding carboxylic acids is 1. The maximum atomic E-state index is 12.3. The second kappa shape index (κ2) is 7.92. The molecule has 1 atom stereocenters. The number of hydrazine groups is 1. The van der Waals surface area contributed by atoms with Crippen LogP contribution in [-0.2, 0) is 19.6 Å². The number of carbonyl (C=O) groups is 1. The van der Waals surface area contributed by atoms with E-state index in [0.29, 0.717) is 26.4 Å². The normalized spacial score (nSPS) is 25.5. The van der Waals surface area contributed by atoms with Crippen LogP contribution in [0.3, 0.4) is 0 Å². The predicted molar refractivity (Wildman–Crippen MR) is 96.7 cm³/mol. The van der Waals surface area contributed by atoms with Gasteiger partial charge in [-0.2, -0.15) is 0 Å². The predicted octanol–water partition coefficient (Wildman–Crippen LogP) is 0.728. The van der Waals surface area contributed by atoms with Gasteiger partial charge < -0.3 is 4.74 Å². The lowest BCUT2D eigenvalue weighted by Gasteiger charge is -2.33. The first-order valence-corrected chi connectivity index (χ1v) is 14.2. The van der Waals surface area contributed by atoms with Crippen molar-refractivity contribution in [1.82, 2.24) is 14.7 Å². The minimum atomic E-state index is -3.12. The van der Waals surface area contributed by atoms with Gasteiger partial charge in [0.25, 0.3) is 0 Å². The van der Waals surface area contributed by atoms with Crippen LogP contribution in [0.4, 0.5) is 0 Å². The fourth-order valence-corrected chi connectivity index (χ4v) is 4.78. The Kier molecular flexibility index (Phi) is 6.60. The van der Waals surface area contributed by atoms with Crippen molar-refractivity contribution in [3.05, 3.63) is 0 Å². The fraction of sp³-hybridized carbons (Fsp3) is 0.933. The summed E-state index contributed by atoms with van der Waals surface area (Å²) in [7, 11) is -4.22. The third kappa shape index (κ3) is 5.89. The number of ketones is 1. The van der Waals surface area contributed by atoms with E-state index in [4.69, 9.17) is 4.74 Å². The highest BCUT2D eigenvalue weighted by atomic mass is 32.2. The van der Waals surface area contributed by atoms with Crippen LogP contribution in [-0.4, -0.2) is 76.9 Å². The molecular weight excluding hydrogens is 346 g/mol. The van der Waals surface area contributed by atoms with Gasteiger partial charge in [-0.05, 0) is 24.8 Å². The molecule has 24 heavy (non-hydrogen) atoms. The lowest BCUT2D eigenvalue weighted by atomic mass is 9.89. The molecule has 140 valence electrons. The highest BCUT2D eigenvalue weighted by Gasteiger charge is 2.38. The Morgan fingerprint density at radius 1 is 1.25 bits per heavy atom. The van der Waals surface area contributed by atoms with Crippen LogP contribution in [0.1, 0.15) is 12.8 Å². The second-order valence-electron chi connectivity index (χ2n) is 8.12. The van der Waals surface area contributed by atoms with Gasteiger partial charge in [0.1, 0.15) is 6.73 Å². The van der Waals surface area contributed by atoms with Gasteiger partial charge in [0.05, 0.1) is 18.8 Å². The van der Waals surface area contributed by atoms with Crippen LogP contribution in [0, 0.1) is 5.92 Å². The topological polar surface area (TPSA) is 79.0 Å². The van der Waals surface area contributed by atoms with Crippen LogP contribution in [0.5, 0.6) is 0 Å². The van der Waals surface area contributed by atoms with Crippen molar-refractivity contribution in [2.45, 2.75) is 44.6 Å². The summed E-state index contributed by atoms with van der Waals surface area (Å²) in [6.45, 7) is 9.47. The van der Waals surface area contributed by atoms with E-state index < -0.39 is 18.1 Å². The lowest BCUT2D eigenvalue weighted by molar-refractivity contribution is -0.119. The highest BCUT2D eigenvalue weighted by Crippen LogP contribution is 2.25. The van der Waals surface area contributed by atoms with E-state index >= 15 is 0 Å². The number of ether oxygens (including phenoxy) is 1. The Labute approximate surface area is 146 Å². The number of nitrogens with one attached hydrogen (secondary N) is 1. The number of sulfonamides is 1. The molecule has 9 heteroatoms. The summed E-state index contributed by atoms with van der Waals surface area (Å²) >= 11 is 0. The third-order valence-electron chi connectivity index (χ3n) is 4.70. The van der Waals surface area contributed by atoms with Gasteiger partial charge >= 0.3 is 0 Å². The molecule has 0 aromatic heterocycles. The van der Waals surface area contributed by atoms with Gasteiger partial charge in [-0.25, -0.2) is 23.2 Å². The van der Waals surface area contributed by atoms with Crippen LogP contribution in [0.15, 0.2) is 0 Å². The first kappa shape index (κ1) is 20.0. The molecule has 0 aromatic carbocycles. The number of hydrogen-bond acceptors (Lipinski definition) is 6. The van der Waals surface area contributed by atoms with Crippen LogP contribution >= 0.6 is 0 Å². The molecule has 2 rings (SSSR count). The zero-order chi connectivity index (χ0) is 18.0. The molecule has 0 amide bonds. The van der Waals surface area contributed by atoms with Crippen molar-refractivity contribution in [1.29, 1.82) is 0 Å². The number of nitrogens with zero attached hydrogens (tertiary/aromatic N) is 2. The first-order valence-electron chi connectivity index (χ1n) is 8.63.